The van der Waals surface area contributed by atoms with E-state index in [0.29, 0.717) is 37.5 Å². The Bertz CT molecular complexity index is 373. The number of nitrogens with zero attached hydrogens (tertiary/aromatic N) is 1. The van der Waals surface area contributed by atoms with Gasteiger partial charge in [0.05, 0.1) is 5.92 Å². The number of rotatable bonds is 3. The van der Waals surface area contributed by atoms with E-state index < -0.39 is 0 Å². The first-order chi connectivity index (χ1) is 9.11. The molecule has 0 saturated carbocycles. The number of carbonyl (C=O) groups is 2. The van der Waals surface area contributed by atoms with Crippen LogP contribution in [-0.4, -0.2) is 41.9 Å². The molecule has 2 bridgehead atoms. The van der Waals surface area contributed by atoms with Crippen molar-refractivity contribution in [1.82, 2.24) is 10.2 Å². The van der Waals surface area contributed by atoms with Gasteiger partial charge in [-0.2, -0.15) is 0 Å². The van der Waals surface area contributed by atoms with Gasteiger partial charge in [0.2, 0.25) is 11.8 Å². The normalized spacial score (nSPS) is 37.6. The number of likely N-dealkylation sites (tertiary alicyclic amines) is 1. The average molecular weight is 265 g/mol. The predicted molar refractivity (Wildman–Crippen MR) is 71.2 cm³/mol. The zero-order valence-corrected chi connectivity index (χ0v) is 11.3. The fourth-order valence-electron chi connectivity index (χ4n) is 3.94. The first kappa shape index (κ1) is 12.9. The largest absolute Gasteiger partial charge is 0.369 e. The third kappa shape index (κ3) is 2.76. The number of hydrogen-bond donors (Lipinski definition) is 2. The molecule has 106 valence electrons. The molecule has 2 amide bonds. The standard InChI is InChI=1S/C14H23N3O2/c15-14(19)10-3-4-17(8-10)13(18)7-9-5-11-1-2-12(6-9)16-11/h9-12,16H,1-8H2,(H2,15,19). The van der Waals surface area contributed by atoms with Crippen molar-refractivity contribution >= 4 is 11.8 Å². The molecule has 0 aromatic carbocycles. The Morgan fingerprint density at radius 1 is 1.16 bits per heavy atom. The molecule has 3 saturated heterocycles. The SMILES string of the molecule is NC(=O)C1CCN(C(=O)CC2CC3CCC(C2)N3)C1. The lowest BCUT2D eigenvalue weighted by Gasteiger charge is -2.29. The maximum Gasteiger partial charge on any atom is 0.222 e. The van der Waals surface area contributed by atoms with Gasteiger partial charge in [-0.25, -0.2) is 0 Å². The Morgan fingerprint density at radius 2 is 1.84 bits per heavy atom. The van der Waals surface area contributed by atoms with Crippen molar-refractivity contribution in [3.63, 3.8) is 0 Å². The van der Waals surface area contributed by atoms with Crippen LogP contribution in [0, 0.1) is 11.8 Å². The molecule has 5 nitrogen and oxygen atoms in total. The van der Waals surface area contributed by atoms with E-state index in [2.05, 4.69) is 5.32 Å². The molecule has 3 aliphatic rings. The molecule has 19 heavy (non-hydrogen) atoms. The highest BCUT2D eigenvalue weighted by Crippen LogP contribution is 2.33. The maximum absolute atomic E-state index is 12.3. The summed E-state index contributed by atoms with van der Waals surface area (Å²) >= 11 is 0. The Hall–Kier alpha value is -1.10. The highest BCUT2D eigenvalue weighted by molar-refractivity contribution is 5.81. The molecule has 0 radical (unpaired) electrons. The van der Waals surface area contributed by atoms with Crippen molar-refractivity contribution in [2.45, 2.75) is 50.6 Å². The van der Waals surface area contributed by atoms with Gasteiger partial charge in [-0.1, -0.05) is 0 Å². The number of hydrogen-bond acceptors (Lipinski definition) is 3. The summed E-state index contributed by atoms with van der Waals surface area (Å²) in [6.45, 7) is 1.23. The first-order valence-electron chi connectivity index (χ1n) is 7.45. The van der Waals surface area contributed by atoms with Gasteiger partial charge in [0.25, 0.3) is 0 Å². The average Bonchev–Trinajstić information content (AvgIpc) is 2.96. The zero-order chi connectivity index (χ0) is 13.4. The number of nitrogens with two attached hydrogens (primary N) is 1. The summed E-state index contributed by atoms with van der Waals surface area (Å²) in [4.78, 5) is 25.2. The highest BCUT2D eigenvalue weighted by atomic mass is 16.2. The lowest BCUT2D eigenvalue weighted by Crippen LogP contribution is -2.40. The van der Waals surface area contributed by atoms with Crippen molar-refractivity contribution in [3.05, 3.63) is 0 Å². The quantitative estimate of drug-likeness (QED) is 0.767. The molecular weight excluding hydrogens is 242 g/mol. The van der Waals surface area contributed by atoms with E-state index in [-0.39, 0.29) is 17.7 Å². The fourth-order valence-corrected chi connectivity index (χ4v) is 3.94. The van der Waals surface area contributed by atoms with E-state index in [0.717, 1.165) is 19.3 Å². The third-order valence-corrected chi connectivity index (χ3v) is 4.98. The summed E-state index contributed by atoms with van der Waals surface area (Å²) in [5.74, 6) is 0.345. The second kappa shape index (κ2) is 5.12. The zero-order valence-electron chi connectivity index (χ0n) is 11.3. The van der Waals surface area contributed by atoms with E-state index >= 15 is 0 Å². The van der Waals surface area contributed by atoms with Gasteiger partial charge in [-0.05, 0) is 38.0 Å². The van der Waals surface area contributed by atoms with E-state index in [1.165, 1.54) is 12.8 Å². The van der Waals surface area contributed by atoms with Crippen molar-refractivity contribution < 1.29 is 9.59 Å². The third-order valence-electron chi connectivity index (χ3n) is 4.98. The minimum absolute atomic E-state index is 0.131. The summed E-state index contributed by atoms with van der Waals surface area (Å²) < 4.78 is 0. The van der Waals surface area contributed by atoms with E-state index in [4.69, 9.17) is 5.73 Å². The predicted octanol–water partition coefficient (Wildman–Crippen LogP) is 0.241. The van der Waals surface area contributed by atoms with Gasteiger partial charge < -0.3 is 16.0 Å². The summed E-state index contributed by atoms with van der Waals surface area (Å²) in [5, 5.41) is 3.60. The van der Waals surface area contributed by atoms with Crippen LogP contribution in [0.25, 0.3) is 0 Å². The van der Waals surface area contributed by atoms with Crippen LogP contribution >= 0.6 is 0 Å². The molecule has 0 aliphatic carbocycles. The summed E-state index contributed by atoms with van der Waals surface area (Å²) in [5.41, 5.74) is 5.30. The monoisotopic (exact) mass is 265 g/mol. The summed E-state index contributed by atoms with van der Waals surface area (Å²) in [6, 6.07) is 1.27. The van der Waals surface area contributed by atoms with Crippen LogP contribution in [0.1, 0.15) is 38.5 Å². The number of fused-ring (bicyclic) bond motifs is 2. The lowest BCUT2D eigenvalue weighted by atomic mass is 9.89. The van der Waals surface area contributed by atoms with Crippen LogP contribution in [-0.2, 0) is 9.59 Å². The molecular formula is C14H23N3O2. The molecule has 3 fully saturated rings. The number of carbonyl (C=O) groups excluding carboxylic acids is 2. The Morgan fingerprint density at radius 3 is 2.42 bits per heavy atom. The topological polar surface area (TPSA) is 75.4 Å². The number of nitrogens with one attached hydrogen (secondary N) is 1. The van der Waals surface area contributed by atoms with E-state index in [1.54, 1.807) is 0 Å². The smallest absolute Gasteiger partial charge is 0.222 e. The van der Waals surface area contributed by atoms with Crippen molar-refractivity contribution in [1.29, 1.82) is 0 Å². The van der Waals surface area contributed by atoms with Gasteiger partial charge in [0.15, 0.2) is 0 Å². The molecule has 3 atom stereocenters. The van der Waals surface area contributed by atoms with Gasteiger partial charge >= 0.3 is 0 Å². The molecule has 0 aromatic rings. The molecule has 0 aromatic heterocycles. The van der Waals surface area contributed by atoms with Gasteiger partial charge in [-0.15, -0.1) is 0 Å². The molecule has 3 N–H and O–H groups in total. The maximum atomic E-state index is 12.3. The first-order valence-corrected chi connectivity index (χ1v) is 7.45. The van der Waals surface area contributed by atoms with Gasteiger partial charge in [-0.3, -0.25) is 9.59 Å². The van der Waals surface area contributed by atoms with Crippen LogP contribution in [0.4, 0.5) is 0 Å². The lowest BCUT2D eigenvalue weighted by molar-refractivity contribution is -0.131. The van der Waals surface area contributed by atoms with Crippen LogP contribution in [0.3, 0.4) is 0 Å². The molecule has 3 unspecified atom stereocenters. The van der Waals surface area contributed by atoms with Crippen molar-refractivity contribution in [3.8, 4) is 0 Å². The van der Waals surface area contributed by atoms with Crippen LogP contribution in [0.5, 0.6) is 0 Å². The molecule has 3 rings (SSSR count). The summed E-state index contributed by atoms with van der Waals surface area (Å²) in [6.07, 6.45) is 6.19. The fraction of sp³-hybridized carbons (Fsp3) is 0.857. The Labute approximate surface area is 113 Å². The van der Waals surface area contributed by atoms with Crippen molar-refractivity contribution in [2.24, 2.45) is 17.6 Å². The minimum Gasteiger partial charge on any atom is -0.369 e. The van der Waals surface area contributed by atoms with E-state index in [1.807, 2.05) is 4.90 Å². The Balaban J connectivity index is 1.50. The molecule has 3 heterocycles. The second-order valence-electron chi connectivity index (χ2n) is 6.41. The van der Waals surface area contributed by atoms with Gasteiger partial charge in [0, 0.05) is 31.6 Å². The number of amides is 2. The van der Waals surface area contributed by atoms with Crippen LogP contribution in [0.15, 0.2) is 0 Å². The molecule has 3 aliphatic heterocycles. The Kier molecular flexibility index (Phi) is 3.48. The van der Waals surface area contributed by atoms with Crippen LogP contribution in [0.2, 0.25) is 0 Å². The molecule has 0 spiro atoms. The minimum atomic E-state index is -0.268. The molecule has 5 heteroatoms. The summed E-state index contributed by atoms with van der Waals surface area (Å²) in [7, 11) is 0. The number of piperidine rings is 1. The highest BCUT2D eigenvalue weighted by Gasteiger charge is 2.36. The van der Waals surface area contributed by atoms with Gasteiger partial charge in [0.1, 0.15) is 0 Å². The second-order valence-corrected chi connectivity index (χ2v) is 6.41. The van der Waals surface area contributed by atoms with E-state index in [9.17, 15) is 9.59 Å². The van der Waals surface area contributed by atoms with Crippen LogP contribution < -0.4 is 11.1 Å². The van der Waals surface area contributed by atoms with Crippen molar-refractivity contribution in [2.75, 3.05) is 13.1 Å². The number of primary amides is 1.